The molecule has 0 amide bonds. The van der Waals surface area contributed by atoms with Gasteiger partial charge in [-0.2, -0.15) is 4.39 Å². The van der Waals surface area contributed by atoms with Crippen LogP contribution in [0.25, 0.3) is 0 Å². The Morgan fingerprint density at radius 1 is 1.73 bits per heavy atom. The Bertz CT molecular complexity index is 167. The number of nitrogens with two attached hydrogens (primary N) is 1. The van der Waals surface area contributed by atoms with Crippen molar-refractivity contribution in [1.82, 2.24) is 0 Å². The zero-order chi connectivity index (χ0) is 8.48. The van der Waals surface area contributed by atoms with Crippen molar-refractivity contribution in [2.24, 2.45) is 5.73 Å². The number of hydrogen-bond donors (Lipinski definition) is 1. The first-order chi connectivity index (χ1) is 5.02. The molecular formula is C6H10FNO3. The van der Waals surface area contributed by atoms with Gasteiger partial charge in [0.05, 0.1) is 0 Å². The molecule has 4 nitrogen and oxygen atoms in total. The molecular weight excluding hydrogens is 153 g/mol. The summed E-state index contributed by atoms with van der Waals surface area (Å²) < 4.78 is 20.4. The molecule has 11 heavy (non-hydrogen) atoms. The summed E-state index contributed by atoms with van der Waals surface area (Å²) in [7, 11) is 0. The van der Waals surface area contributed by atoms with E-state index in [1.165, 1.54) is 0 Å². The highest BCUT2D eigenvalue weighted by molar-refractivity contribution is 5.61. The van der Waals surface area contributed by atoms with Gasteiger partial charge in [-0.3, -0.25) is 5.73 Å². The normalized spacial score (nSPS) is 22.1. The van der Waals surface area contributed by atoms with Crippen molar-refractivity contribution in [3.8, 4) is 0 Å². The van der Waals surface area contributed by atoms with Crippen LogP contribution in [0, 0.1) is 0 Å². The Hall–Kier alpha value is -0.840. The van der Waals surface area contributed by atoms with Crippen molar-refractivity contribution in [3.05, 3.63) is 0 Å². The van der Waals surface area contributed by atoms with E-state index >= 15 is 0 Å². The fourth-order valence-electron chi connectivity index (χ4n) is 0.595. The van der Waals surface area contributed by atoms with Gasteiger partial charge in [-0.25, -0.2) is 4.79 Å². The van der Waals surface area contributed by atoms with Crippen LogP contribution in [0.1, 0.15) is 19.8 Å². The lowest BCUT2D eigenvalue weighted by molar-refractivity contribution is -0.0449. The number of alkyl halides is 1. The van der Waals surface area contributed by atoms with Gasteiger partial charge in [0.2, 0.25) is 0 Å². The maximum absolute atomic E-state index is 11.8. The van der Waals surface area contributed by atoms with Crippen LogP contribution in [-0.4, -0.2) is 18.2 Å². The summed E-state index contributed by atoms with van der Waals surface area (Å²) in [5, 5.41) is 0. The summed E-state index contributed by atoms with van der Waals surface area (Å²) in [5.41, 5.74) is 4.10. The van der Waals surface area contributed by atoms with Crippen LogP contribution >= 0.6 is 0 Å². The number of halogens is 1. The van der Waals surface area contributed by atoms with Crippen LogP contribution in [0.5, 0.6) is 0 Å². The van der Waals surface area contributed by atoms with Gasteiger partial charge in [-0.1, -0.05) is 0 Å². The SMILES string of the molecule is CC1(OC(=O)O[C@@H](N)F)CC1. The van der Waals surface area contributed by atoms with E-state index in [2.05, 4.69) is 15.2 Å². The summed E-state index contributed by atoms with van der Waals surface area (Å²) in [5.74, 6) is 0. The molecule has 0 saturated heterocycles. The van der Waals surface area contributed by atoms with Crippen molar-refractivity contribution in [2.75, 3.05) is 0 Å². The Balaban J connectivity index is 2.21. The molecule has 5 heteroatoms. The number of carbonyl (C=O) groups is 1. The maximum Gasteiger partial charge on any atom is 0.512 e. The van der Waals surface area contributed by atoms with E-state index in [1.54, 1.807) is 6.92 Å². The van der Waals surface area contributed by atoms with Crippen molar-refractivity contribution < 1.29 is 18.7 Å². The summed E-state index contributed by atoms with van der Waals surface area (Å²) in [6.07, 6.45) is 0.549. The third kappa shape index (κ3) is 2.71. The molecule has 0 heterocycles. The molecule has 0 radical (unpaired) electrons. The molecule has 1 aliphatic carbocycles. The van der Waals surface area contributed by atoms with Gasteiger partial charge in [0.25, 0.3) is 0 Å². The number of rotatable bonds is 2. The van der Waals surface area contributed by atoms with Crippen LogP contribution in [0.3, 0.4) is 0 Å². The first kappa shape index (κ1) is 8.26. The van der Waals surface area contributed by atoms with Gasteiger partial charge in [0, 0.05) is 0 Å². The molecule has 1 saturated carbocycles. The second-order valence-electron chi connectivity index (χ2n) is 2.77. The van der Waals surface area contributed by atoms with Gasteiger partial charge >= 0.3 is 12.6 Å². The minimum absolute atomic E-state index is 0.439. The van der Waals surface area contributed by atoms with Gasteiger partial charge < -0.3 is 9.47 Å². The molecule has 0 unspecified atom stereocenters. The first-order valence-corrected chi connectivity index (χ1v) is 3.31. The smallest absolute Gasteiger partial charge is 0.428 e. The largest absolute Gasteiger partial charge is 0.512 e. The van der Waals surface area contributed by atoms with Crippen molar-refractivity contribution in [2.45, 2.75) is 31.8 Å². The average Bonchev–Trinajstić information content (AvgIpc) is 2.44. The molecule has 0 aliphatic heterocycles. The Labute approximate surface area is 63.5 Å². The van der Waals surface area contributed by atoms with Crippen LogP contribution < -0.4 is 5.73 Å². The van der Waals surface area contributed by atoms with Gasteiger partial charge in [-0.05, 0) is 19.8 Å². The third-order valence-electron chi connectivity index (χ3n) is 1.49. The monoisotopic (exact) mass is 163 g/mol. The highest BCUT2D eigenvalue weighted by atomic mass is 19.1. The molecule has 1 rings (SSSR count). The van der Waals surface area contributed by atoms with Crippen LogP contribution in [0.15, 0.2) is 0 Å². The van der Waals surface area contributed by atoms with Crippen LogP contribution in [0.4, 0.5) is 9.18 Å². The van der Waals surface area contributed by atoms with Crippen LogP contribution in [-0.2, 0) is 9.47 Å². The van der Waals surface area contributed by atoms with E-state index < -0.39 is 18.2 Å². The highest BCUT2D eigenvalue weighted by Crippen LogP contribution is 2.38. The van der Waals surface area contributed by atoms with Gasteiger partial charge in [0.1, 0.15) is 5.60 Å². The lowest BCUT2D eigenvalue weighted by Crippen LogP contribution is -2.25. The lowest BCUT2D eigenvalue weighted by Gasteiger charge is -2.10. The summed E-state index contributed by atoms with van der Waals surface area (Å²) in [6, 6.07) is 0. The molecule has 1 atom stereocenters. The van der Waals surface area contributed by atoms with Crippen LogP contribution in [0.2, 0.25) is 0 Å². The molecule has 0 bridgehead atoms. The second kappa shape index (κ2) is 2.65. The average molecular weight is 163 g/mol. The molecule has 1 fully saturated rings. The van der Waals surface area contributed by atoms with Gasteiger partial charge in [-0.15, -0.1) is 0 Å². The van der Waals surface area contributed by atoms with E-state index in [1.807, 2.05) is 0 Å². The standard InChI is InChI=1S/C6H10FNO3/c1-6(2-3-6)11-5(9)10-4(7)8/h4H,2-3,8H2,1H3/t4-/m1/s1. The Kier molecular flexibility index (Phi) is 1.99. The number of hydrogen-bond acceptors (Lipinski definition) is 4. The predicted molar refractivity (Wildman–Crippen MR) is 34.3 cm³/mol. The predicted octanol–water partition coefficient (Wildman–Crippen LogP) is 0.904. The summed E-state index contributed by atoms with van der Waals surface area (Å²) in [4.78, 5) is 10.5. The molecule has 0 aromatic heterocycles. The van der Waals surface area contributed by atoms with Crippen molar-refractivity contribution in [1.29, 1.82) is 0 Å². The molecule has 0 aromatic rings. The van der Waals surface area contributed by atoms with E-state index in [-0.39, 0.29) is 0 Å². The van der Waals surface area contributed by atoms with E-state index in [0.717, 1.165) is 12.8 Å². The highest BCUT2D eigenvalue weighted by Gasteiger charge is 2.42. The maximum atomic E-state index is 11.8. The molecule has 2 N–H and O–H groups in total. The Morgan fingerprint density at radius 3 is 2.64 bits per heavy atom. The number of ether oxygens (including phenoxy) is 2. The van der Waals surface area contributed by atoms with E-state index in [9.17, 15) is 9.18 Å². The Morgan fingerprint density at radius 2 is 2.27 bits per heavy atom. The zero-order valence-corrected chi connectivity index (χ0v) is 6.17. The minimum atomic E-state index is -2.09. The number of carbonyl (C=O) groups excluding carboxylic acids is 1. The van der Waals surface area contributed by atoms with E-state index in [4.69, 9.17) is 0 Å². The van der Waals surface area contributed by atoms with Gasteiger partial charge in [0.15, 0.2) is 0 Å². The van der Waals surface area contributed by atoms with E-state index in [0.29, 0.717) is 0 Å². The molecule has 0 aromatic carbocycles. The molecule has 0 spiro atoms. The fraction of sp³-hybridized carbons (Fsp3) is 0.833. The lowest BCUT2D eigenvalue weighted by atomic mass is 10.4. The fourth-order valence-corrected chi connectivity index (χ4v) is 0.595. The summed E-state index contributed by atoms with van der Waals surface area (Å²) >= 11 is 0. The summed E-state index contributed by atoms with van der Waals surface area (Å²) in [6.45, 7) is -0.345. The zero-order valence-electron chi connectivity index (χ0n) is 6.17. The first-order valence-electron chi connectivity index (χ1n) is 3.31. The van der Waals surface area contributed by atoms with Crippen molar-refractivity contribution >= 4 is 6.16 Å². The quantitative estimate of drug-likeness (QED) is 0.373. The minimum Gasteiger partial charge on any atom is -0.428 e. The second-order valence-corrected chi connectivity index (χ2v) is 2.77. The molecule has 64 valence electrons. The molecule has 1 aliphatic rings. The third-order valence-corrected chi connectivity index (χ3v) is 1.49. The van der Waals surface area contributed by atoms with Crippen molar-refractivity contribution in [3.63, 3.8) is 0 Å². The topological polar surface area (TPSA) is 61.5 Å².